The first-order valence-electron chi connectivity index (χ1n) is 7.84. The molecule has 0 aromatic heterocycles. The number of hydrogen-bond donors (Lipinski definition) is 1. The molecule has 0 unspecified atom stereocenters. The van der Waals surface area contributed by atoms with E-state index in [2.05, 4.69) is 13.8 Å². The van der Waals surface area contributed by atoms with E-state index < -0.39 is 10.1 Å². The first-order valence-corrected chi connectivity index (χ1v) is 9.28. The second-order valence-electron chi connectivity index (χ2n) is 5.12. The van der Waals surface area contributed by atoms with Crippen LogP contribution in [0.25, 0.3) is 0 Å². The SMILES string of the molecule is O=S(=O)(O)c1ccccc1.[CH2-]CCCCCCCCCC.[Na+]. The zero-order chi connectivity index (χ0) is 16.0. The summed E-state index contributed by atoms with van der Waals surface area (Å²) in [6.07, 6.45) is 12.4. The first-order chi connectivity index (χ1) is 10.0. The van der Waals surface area contributed by atoms with Crippen molar-refractivity contribution in [1.29, 1.82) is 0 Å². The molecule has 0 heterocycles. The largest absolute Gasteiger partial charge is 1.00 e. The van der Waals surface area contributed by atoms with E-state index in [1.54, 1.807) is 18.2 Å². The van der Waals surface area contributed by atoms with Crippen LogP contribution >= 0.6 is 0 Å². The van der Waals surface area contributed by atoms with Gasteiger partial charge in [0.05, 0.1) is 4.90 Å². The van der Waals surface area contributed by atoms with E-state index in [1.165, 1.54) is 63.5 Å². The van der Waals surface area contributed by atoms with Crippen molar-refractivity contribution in [3.8, 4) is 0 Å². The number of benzene rings is 1. The van der Waals surface area contributed by atoms with E-state index in [9.17, 15) is 8.42 Å². The topological polar surface area (TPSA) is 54.4 Å². The van der Waals surface area contributed by atoms with E-state index in [0.29, 0.717) is 0 Å². The second kappa shape index (κ2) is 16.0. The molecule has 0 aliphatic rings. The van der Waals surface area contributed by atoms with Crippen LogP contribution in [-0.4, -0.2) is 13.0 Å². The first kappa shape index (κ1) is 24.4. The standard InChI is InChI=1S/C11H23.C6H6O3S.Na/c1-3-5-7-9-11-10-8-6-4-2;7-10(8,9)6-4-2-1-3-5-6;/h1,3-11H2,2H3;1-5H,(H,7,8,9);/q-1;;+1. The van der Waals surface area contributed by atoms with Gasteiger partial charge in [0, 0.05) is 0 Å². The molecule has 122 valence electrons. The average Bonchev–Trinajstić information content (AvgIpc) is 2.47. The minimum atomic E-state index is -4.00. The van der Waals surface area contributed by atoms with E-state index in [0.717, 1.165) is 6.42 Å². The molecule has 1 aromatic rings. The zero-order valence-corrected chi connectivity index (χ0v) is 16.9. The van der Waals surface area contributed by atoms with Crippen molar-refractivity contribution < 1.29 is 42.5 Å². The van der Waals surface area contributed by atoms with Crippen LogP contribution in [0.1, 0.15) is 64.7 Å². The normalized spacial score (nSPS) is 10.3. The van der Waals surface area contributed by atoms with Crippen LogP contribution in [0.2, 0.25) is 0 Å². The van der Waals surface area contributed by atoms with Crippen LogP contribution in [0.3, 0.4) is 0 Å². The van der Waals surface area contributed by atoms with Crippen LogP contribution in [0, 0.1) is 6.92 Å². The predicted molar refractivity (Wildman–Crippen MR) is 88.8 cm³/mol. The predicted octanol–water partition coefficient (Wildman–Crippen LogP) is 2.29. The quantitative estimate of drug-likeness (QED) is 0.326. The van der Waals surface area contributed by atoms with Crippen LogP contribution in [0.5, 0.6) is 0 Å². The molecule has 0 atom stereocenters. The Bertz CT molecular complexity index is 424. The van der Waals surface area contributed by atoms with Gasteiger partial charge in [-0.1, -0.05) is 76.5 Å². The maximum Gasteiger partial charge on any atom is 1.00 e. The van der Waals surface area contributed by atoms with Gasteiger partial charge in [0.15, 0.2) is 0 Å². The molecule has 0 radical (unpaired) electrons. The van der Waals surface area contributed by atoms with Crippen molar-refractivity contribution in [2.75, 3.05) is 0 Å². The summed E-state index contributed by atoms with van der Waals surface area (Å²) < 4.78 is 29.2. The van der Waals surface area contributed by atoms with Crippen molar-refractivity contribution in [2.24, 2.45) is 0 Å². The Morgan fingerprint density at radius 3 is 1.73 bits per heavy atom. The van der Waals surface area contributed by atoms with E-state index in [-0.39, 0.29) is 34.5 Å². The van der Waals surface area contributed by atoms with Crippen molar-refractivity contribution in [3.05, 3.63) is 37.3 Å². The third-order valence-electron chi connectivity index (χ3n) is 3.14. The van der Waals surface area contributed by atoms with Crippen LogP contribution in [0.15, 0.2) is 35.2 Å². The number of unbranched alkanes of at least 4 members (excludes halogenated alkanes) is 8. The van der Waals surface area contributed by atoms with Crippen LogP contribution < -0.4 is 29.6 Å². The smallest absolute Gasteiger partial charge is 0.343 e. The Balaban J connectivity index is 0. The average molecular weight is 336 g/mol. The zero-order valence-electron chi connectivity index (χ0n) is 14.1. The van der Waals surface area contributed by atoms with Crippen molar-refractivity contribution in [1.82, 2.24) is 0 Å². The monoisotopic (exact) mass is 336 g/mol. The fourth-order valence-corrected chi connectivity index (χ4v) is 2.40. The van der Waals surface area contributed by atoms with E-state index in [1.807, 2.05) is 0 Å². The van der Waals surface area contributed by atoms with Gasteiger partial charge in [-0.2, -0.15) is 14.8 Å². The minimum Gasteiger partial charge on any atom is -0.343 e. The molecule has 0 aliphatic heterocycles. The van der Waals surface area contributed by atoms with Gasteiger partial charge in [-0.3, -0.25) is 4.55 Å². The summed E-state index contributed by atoms with van der Waals surface area (Å²) in [5.41, 5.74) is 0. The Morgan fingerprint density at radius 2 is 1.36 bits per heavy atom. The Labute approximate surface area is 158 Å². The van der Waals surface area contributed by atoms with Gasteiger partial charge >= 0.3 is 29.6 Å². The Hall–Kier alpha value is 0.130. The van der Waals surface area contributed by atoms with Gasteiger partial charge in [0.25, 0.3) is 10.1 Å². The summed E-state index contributed by atoms with van der Waals surface area (Å²) in [5.74, 6) is 0. The molecule has 1 aromatic carbocycles. The van der Waals surface area contributed by atoms with Gasteiger partial charge in [0.2, 0.25) is 0 Å². The molecule has 0 saturated carbocycles. The van der Waals surface area contributed by atoms with Gasteiger partial charge in [-0.05, 0) is 12.1 Å². The molecular formula is C17H29NaO3S. The Morgan fingerprint density at radius 1 is 0.909 bits per heavy atom. The maximum atomic E-state index is 10.4. The second-order valence-corrected chi connectivity index (χ2v) is 6.54. The molecule has 0 aliphatic carbocycles. The van der Waals surface area contributed by atoms with Crippen LogP contribution in [-0.2, 0) is 10.1 Å². The summed E-state index contributed by atoms with van der Waals surface area (Å²) in [4.78, 5) is -0.0741. The van der Waals surface area contributed by atoms with Crippen molar-refractivity contribution in [3.63, 3.8) is 0 Å². The van der Waals surface area contributed by atoms with Gasteiger partial charge < -0.3 is 6.92 Å². The van der Waals surface area contributed by atoms with Crippen molar-refractivity contribution >= 4 is 10.1 Å². The van der Waals surface area contributed by atoms with Crippen molar-refractivity contribution in [2.45, 2.75) is 69.6 Å². The summed E-state index contributed by atoms with van der Waals surface area (Å²) in [7, 11) is -4.00. The fraction of sp³-hybridized carbons (Fsp3) is 0.588. The number of hydrogen-bond acceptors (Lipinski definition) is 2. The summed E-state index contributed by atoms with van der Waals surface area (Å²) in [5, 5.41) is 0. The summed E-state index contributed by atoms with van der Waals surface area (Å²) in [6, 6.07) is 7.42. The molecule has 0 saturated heterocycles. The molecule has 5 heteroatoms. The third-order valence-corrected chi connectivity index (χ3v) is 4.01. The Kier molecular flexibility index (Phi) is 17.7. The molecule has 1 N–H and O–H groups in total. The minimum absolute atomic E-state index is 0. The molecule has 0 bridgehead atoms. The summed E-state index contributed by atoms with van der Waals surface area (Å²) >= 11 is 0. The number of rotatable bonds is 9. The van der Waals surface area contributed by atoms with Gasteiger partial charge in [0.1, 0.15) is 0 Å². The van der Waals surface area contributed by atoms with Crippen LogP contribution in [0.4, 0.5) is 0 Å². The molecule has 0 fully saturated rings. The fourth-order valence-electron chi connectivity index (χ4n) is 1.90. The molecular weight excluding hydrogens is 307 g/mol. The summed E-state index contributed by atoms with van der Waals surface area (Å²) in [6.45, 7) is 6.10. The van der Waals surface area contributed by atoms with E-state index in [4.69, 9.17) is 4.55 Å². The maximum absolute atomic E-state index is 10.4. The third kappa shape index (κ3) is 15.0. The molecule has 0 amide bonds. The molecule has 22 heavy (non-hydrogen) atoms. The molecule has 1 rings (SSSR count). The van der Waals surface area contributed by atoms with Gasteiger partial charge in [-0.25, -0.2) is 0 Å². The van der Waals surface area contributed by atoms with Gasteiger partial charge in [-0.15, -0.1) is 0 Å². The van der Waals surface area contributed by atoms with E-state index >= 15 is 0 Å². The molecule has 3 nitrogen and oxygen atoms in total. The molecule has 0 spiro atoms.